The standard InChI is InChI=1S/C15H16F2N2O4S/c1-2-8-21-14(20)10-4-3-5-12(23-15(16)17)11(10)9-22-13-6-7-19(24)18-13/h3-7,15,24H,2,8-9H2,1H3. The molecule has 130 valence electrons. The average molecular weight is 358 g/mol. The number of hydrogen-bond donors (Lipinski definition) is 1. The third kappa shape index (κ3) is 4.85. The number of thiol groups is 1. The summed E-state index contributed by atoms with van der Waals surface area (Å²) in [6.07, 6.45) is 2.18. The van der Waals surface area contributed by atoms with Crippen LogP contribution in [0.15, 0.2) is 30.5 Å². The molecule has 0 bridgehead atoms. The first-order valence-corrected chi connectivity index (χ1v) is 7.52. The highest BCUT2D eigenvalue weighted by Crippen LogP contribution is 2.26. The van der Waals surface area contributed by atoms with Crippen molar-refractivity contribution in [2.75, 3.05) is 6.61 Å². The summed E-state index contributed by atoms with van der Waals surface area (Å²) in [5.41, 5.74) is 0.263. The molecule has 0 radical (unpaired) electrons. The van der Waals surface area contributed by atoms with E-state index < -0.39 is 12.6 Å². The molecule has 2 rings (SSSR count). The first-order valence-electron chi connectivity index (χ1n) is 7.12. The van der Waals surface area contributed by atoms with E-state index in [1.807, 2.05) is 6.92 Å². The third-order valence-corrected chi connectivity index (χ3v) is 3.14. The van der Waals surface area contributed by atoms with Crippen molar-refractivity contribution < 1.29 is 27.8 Å². The Morgan fingerprint density at radius 3 is 2.79 bits per heavy atom. The molecule has 9 heteroatoms. The van der Waals surface area contributed by atoms with Gasteiger partial charge in [-0.15, -0.1) is 5.10 Å². The Bertz CT molecular complexity index is 694. The maximum atomic E-state index is 12.6. The number of carbonyl (C=O) groups is 1. The molecule has 0 amide bonds. The summed E-state index contributed by atoms with van der Waals surface area (Å²) >= 11 is 3.97. The van der Waals surface area contributed by atoms with Crippen LogP contribution >= 0.6 is 12.8 Å². The minimum Gasteiger partial charge on any atom is -0.472 e. The largest absolute Gasteiger partial charge is 0.472 e. The molecule has 1 aromatic heterocycles. The Labute approximate surface area is 142 Å². The van der Waals surface area contributed by atoms with Gasteiger partial charge >= 0.3 is 12.6 Å². The molecule has 0 unspecified atom stereocenters. The number of ether oxygens (including phenoxy) is 3. The Balaban J connectivity index is 2.26. The Morgan fingerprint density at radius 1 is 1.38 bits per heavy atom. The number of alkyl halides is 2. The van der Waals surface area contributed by atoms with Crippen LogP contribution in [0.25, 0.3) is 0 Å². The van der Waals surface area contributed by atoms with Gasteiger partial charge in [-0.25, -0.2) is 8.88 Å². The number of benzene rings is 1. The van der Waals surface area contributed by atoms with Crippen molar-refractivity contribution in [1.82, 2.24) is 9.19 Å². The summed E-state index contributed by atoms with van der Waals surface area (Å²) in [4.78, 5) is 12.1. The summed E-state index contributed by atoms with van der Waals surface area (Å²) in [5, 5.41) is 3.89. The van der Waals surface area contributed by atoms with Crippen molar-refractivity contribution in [1.29, 1.82) is 0 Å². The lowest BCUT2D eigenvalue weighted by Gasteiger charge is -2.14. The van der Waals surface area contributed by atoms with Crippen molar-refractivity contribution in [3.05, 3.63) is 41.6 Å². The number of esters is 1. The predicted octanol–water partition coefficient (Wildman–Crippen LogP) is 3.32. The van der Waals surface area contributed by atoms with Gasteiger partial charge in [0.05, 0.1) is 12.2 Å². The summed E-state index contributed by atoms with van der Waals surface area (Å²) in [6.45, 7) is -1.14. The molecule has 2 aromatic rings. The summed E-state index contributed by atoms with van der Waals surface area (Å²) < 4.78 is 41.4. The fourth-order valence-electron chi connectivity index (χ4n) is 1.91. The van der Waals surface area contributed by atoms with Crippen LogP contribution < -0.4 is 9.47 Å². The van der Waals surface area contributed by atoms with E-state index in [2.05, 4.69) is 22.7 Å². The summed E-state index contributed by atoms with van der Waals surface area (Å²) in [6, 6.07) is 5.77. The highest BCUT2D eigenvalue weighted by Gasteiger charge is 2.20. The summed E-state index contributed by atoms with van der Waals surface area (Å²) in [7, 11) is 0. The number of carbonyl (C=O) groups excluding carboxylic acids is 1. The van der Waals surface area contributed by atoms with Gasteiger partial charge < -0.3 is 14.2 Å². The van der Waals surface area contributed by atoms with E-state index in [1.54, 1.807) is 6.07 Å². The zero-order valence-corrected chi connectivity index (χ0v) is 13.7. The van der Waals surface area contributed by atoms with Gasteiger partial charge in [0.25, 0.3) is 0 Å². The monoisotopic (exact) mass is 358 g/mol. The number of nitrogens with zero attached hydrogens (tertiary/aromatic N) is 2. The van der Waals surface area contributed by atoms with Gasteiger partial charge in [-0.05, 0) is 31.4 Å². The molecular weight excluding hydrogens is 342 g/mol. The summed E-state index contributed by atoms with van der Waals surface area (Å²) in [5.74, 6) is -0.555. The van der Waals surface area contributed by atoms with Crippen LogP contribution in [0.5, 0.6) is 11.6 Å². The second kappa shape index (κ2) is 8.53. The molecule has 0 aliphatic heterocycles. The Morgan fingerprint density at radius 2 is 2.17 bits per heavy atom. The van der Waals surface area contributed by atoms with Crippen LogP contribution in [0.4, 0.5) is 8.78 Å². The third-order valence-electron chi connectivity index (χ3n) is 2.92. The van der Waals surface area contributed by atoms with E-state index in [4.69, 9.17) is 9.47 Å². The molecule has 0 atom stereocenters. The highest BCUT2D eigenvalue weighted by atomic mass is 32.1. The minimum absolute atomic E-state index is 0.104. The normalized spacial score (nSPS) is 10.7. The fraction of sp³-hybridized carbons (Fsp3) is 0.333. The lowest BCUT2D eigenvalue weighted by Crippen LogP contribution is -2.13. The van der Waals surface area contributed by atoms with Crippen molar-refractivity contribution in [2.24, 2.45) is 0 Å². The van der Waals surface area contributed by atoms with Gasteiger partial charge in [-0.1, -0.05) is 13.0 Å². The number of aromatic nitrogens is 2. The van der Waals surface area contributed by atoms with Crippen LogP contribution in [0.3, 0.4) is 0 Å². The molecule has 6 nitrogen and oxygen atoms in total. The van der Waals surface area contributed by atoms with Crippen LogP contribution in [-0.4, -0.2) is 28.4 Å². The lowest BCUT2D eigenvalue weighted by molar-refractivity contribution is -0.0509. The highest BCUT2D eigenvalue weighted by molar-refractivity contribution is 7.78. The van der Waals surface area contributed by atoms with Crippen molar-refractivity contribution in [2.45, 2.75) is 26.6 Å². The predicted molar refractivity (Wildman–Crippen MR) is 84.6 cm³/mol. The second-order valence-corrected chi connectivity index (χ2v) is 5.07. The molecular formula is C15H16F2N2O4S. The SMILES string of the molecule is CCCOC(=O)c1cccc(OC(F)F)c1COc1ccn(S)n1. The Hall–Kier alpha value is -2.29. The van der Waals surface area contributed by atoms with Crippen LogP contribution in [-0.2, 0) is 11.3 Å². The van der Waals surface area contributed by atoms with Crippen molar-refractivity contribution >= 4 is 18.8 Å². The average Bonchev–Trinajstić information content (AvgIpc) is 2.96. The van der Waals surface area contributed by atoms with Gasteiger partial charge in [-0.2, -0.15) is 8.78 Å². The fourth-order valence-corrected chi connectivity index (χ4v) is 2.06. The lowest BCUT2D eigenvalue weighted by atomic mass is 10.1. The van der Waals surface area contributed by atoms with E-state index in [-0.39, 0.29) is 36.0 Å². The number of rotatable bonds is 8. The molecule has 0 N–H and O–H groups in total. The molecule has 1 aromatic carbocycles. The van der Waals surface area contributed by atoms with Gasteiger partial charge in [0.2, 0.25) is 5.88 Å². The minimum atomic E-state index is -3.03. The molecule has 0 spiro atoms. The maximum absolute atomic E-state index is 12.6. The van der Waals surface area contributed by atoms with E-state index in [0.717, 1.165) is 0 Å². The van der Waals surface area contributed by atoms with Gasteiger partial charge in [0, 0.05) is 17.8 Å². The molecule has 0 aliphatic rings. The topological polar surface area (TPSA) is 62.6 Å². The molecule has 0 aliphatic carbocycles. The van der Waals surface area contributed by atoms with Gasteiger partial charge in [0.15, 0.2) is 0 Å². The van der Waals surface area contributed by atoms with Crippen LogP contribution in [0.2, 0.25) is 0 Å². The first-order chi connectivity index (χ1) is 11.5. The quantitative estimate of drug-likeness (QED) is 0.579. The molecule has 1 heterocycles. The zero-order chi connectivity index (χ0) is 17.5. The number of hydrogen-bond acceptors (Lipinski definition) is 6. The maximum Gasteiger partial charge on any atom is 0.387 e. The first kappa shape index (κ1) is 18.1. The van der Waals surface area contributed by atoms with Crippen LogP contribution in [0, 0.1) is 0 Å². The van der Waals surface area contributed by atoms with E-state index in [0.29, 0.717) is 6.42 Å². The zero-order valence-electron chi connectivity index (χ0n) is 12.8. The van der Waals surface area contributed by atoms with E-state index in [1.165, 1.54) is 28.5 Å². The van der Waals surface area contributed by atoms with Gasteiger partial charge in [0.1, 0.15) is 12.4 Å². The number of halogens is 2. The second-order valence-electron chi connectivity index (χ2n) is 4.66. The molecule has 0 fully saturated rings. The van der Waals surface area contributed by atoms with Gasteiger partial charge in [-0.3, -0.25) is 0 Å². The molecule has 0 saturated carbocycles. The smallest absolute Gasteiger partial charge is 0.387 e. The van der Waals surface area contributed by atoms with Crippen LogP contribution in [0.1, 0.15) is 29.3 Å². The van der Waals surface area contributed by atoms with E-state index >= 15 is 0 Å². The van der Waals surface area contributed by atoms with Crippen molar-refractivity contribution in [3.8, 4) is 11.6 Å². The van der Waals surface area contributed by atoms with E-state index in [9.17, 15) is 13.6 Å². The molecule has 24 heavy (non-hydrogen) atoms. The van der Waals surface area contributed by atoms with Crippen molar-refractivity contribution in [3.63, 3.8) is 0 Å². The molecule has 0 saturated heterocycles. The Kier molecular flexibility index (Phi) is 6.42.